The molecule has 0 bridgehead atoms. The van der Waals surface area contributed by atoms with Crippen LogP contribution in [0.4, 0.5) is 0 Å². The predicted molar refractivity (Wildman–Crippen MR) is 98.0 cm³/mol. The van der Waals surface area contributed by atoms with Crippen LogP contribution in [0.25, 0.3) is 0 Å². The number of carbonyl (C=O) groups excluding carboxylic acids is 3. The lowest BCUT2D eigenvalue weighted by atomic mass is 9.80. The summed E-state index contributed by atoms with van der Waals surface area (Å²) in [6.45, 7) is 3.15. The lowest BCUT2D eigenvalue weighted by molar-refractivity contribution is -0.152. The first-order valence-electron chi connectivity index (χ1n) is 8.21. The largest absolute Gasteiger partial charge is 0.465 e. The smallest absolute Gasteiger partial charge is 0.317 e. The van der Waals surface area contributed by atoms with Crippen molar-refractivity contribution in [2.24, 2.45) is 5.92 Å². The number of carbonyl (C=O) groups is 3. The SMILES string of the molecule is CCOC(=O)C(C(C)=O)C(CC(=O)c1cccs1)c1ccc(C#N)cc1. The molecule has 2 atom stereocenters. The number of nitriles is 1. The standard InChI is InChI=1S/C20H19NO4S/c1-3-25-20(24)19(13(2)22)16(11-17(23)18-5-4-10-26-18)15-8-6-14(12-21)7-9-15/h4-10,16,19H,3,11H2,1-2H3. The van der Waals surface area contributed by atoms with E-state index in [0.717, 1.165) is 0 Å². The van der Waals surface area contributed by atoms with Crippen molar-refractivity contribution < 1.29 is 19.1 Å². The first-order valence-corrected chi connectivity index (χ1v) is 9.09. The summed E-state index contributed by atoms with van der Waals surface area (Å²) in [5.74, 6) is -2.82. The summed E-state index contributed by atoms with van der Waals surface area (Å²) in [6, 6.07) is 12.1. The summed E-state index contributed by atoms with van der Waals surface area (Å²) in [7, 11) is 0. The second kappa shape index (κ2) is 9.07. The van der Waals surface area contributed by atoms with Crippen molar-refractivity contribution in [2.45, 2.75) is 26.2 Å². The molecule has 0 fully saturated rings. The number of rotatable bonds is 8. The molecule has 0 aliphatic heterocycles. The number of thiophene rings is 1. The molecule has 1 aromatic heterocycles. The van der Waals surface area contributed by atoms with Crippen LogP contribution in [-0.2, 0) is 14.3 Å². The lowest BCUT2D eigenvalue weighted by Crippen LogP contribution is -2.31. The van der Waals surface area contributed by atoms with Gasteiger partial charge in [-0.15, -0.1) is 11.3 Å². The summed E-state index contributed by atoms with van der Waals surface area (Å²) < 4.78 is 5.06. The molecule has 0 aliphatic carbocycles. The third-order valence-electron chi connectivity index (χ3n) is 4.05. The fraction of sp³-hybridized carbons (Fsp3) is 0.300. The van der Waals surface area contributed by atoms with Gasteiger partial charge in [-0.05, 0) is 43.0 Å². The average Bonchev–Trinajstić information content (AvgIpc) is 3.16. The molecule has 26 heavy (non-hydrogen) atoms. The molecule has 0 saturated heterocycles. The third-order valence-corrected chi connectivity index (χ3v) is 4.96. The molecule has 0 N–H and O–H groups in total. The fourth-order valence-electron chi connectivity index (χ4n) is 2.82. The van der Waals surface area contributed by atoms with Gasteiger partial charge >= 0.3 is 5.97 Å². The predicted octanol–water partition coefficient (Wildman–Crippen LogP) is 3.74. The number of esters is 1. The molecular formula is C20H19NO4S. The molecule has 2 aromatic rings. The van der Waals surface area contributed by atoms with E-state index in [-0.39, 0.29) is 24.6 Å². The summed E-state index contributed by atoms with van der Waals surface area (Å²) in [4.78, 5) is 37.8. The molecule has 5 nitrogen and oxygen atoms in total. The maximum absolute atomic E-state index is 12.6. The van der Waals surface area contributed by atoms with Gasteiger partial charge in [0.2, 0.25) is 0 Å². The second-order valence-electron chi connectivity index (χ2n) is 5.79. The second-order valence-corrected chi connectivity index (χ2v) is 6.73. The molecule has 6 heteroatoms. The van der Waals surface area contributed by atoms with Crippen LogP contribution in [0.3, 0.4) is 0 Å². The van der Waals surface area contributed by atoms with E-state index < -0.39 is 17.8 Å². The molecule has 2 rings (SSSR count). The van der Waals surface area contributed by atoms with Crippen LogP contribution in [0.15, 0.2) is 41.8 Å². The van der Waals surface area contributed by atoms with E-state index in [2.05, 4.69) is 0 Å². The molecular weight excluding hydrogens is 350 g/mol. The Hall–Kier alpha value is -2.78. The molecule has 2 unspecified atom stereocenters. The van der Waals surface area contributed by atoms with Crippen LogP contribution in [0.1, 0.15) is 47.0 Å². The normalized spacial score (nSPS) is 12.7. The van der Waals surface area contributed by atoms with E-state index in [9.17, 15) is 14.4 Å². The van der Waals surface area contributed by atoms with Crippen LogP contribution in [-0.4, -0.2) is 24.1 Å². The maximum atomic E-state index is 12.6. The monoisotopic (exact) mass is 369 g/mol. The van der Waals surface area contributed by atoms with E-state index >= 15 is 0 Å². The van der Waals surface area contributed by atoms with Gasteiger partial charge in [-0.25, -0.2) is 0 Å². The van der Waals surface area contributed by atoms with Gasteiger partial charge < -0.3 is 4.74 Å². The summed E-state index contributed by atoms with van der Waals surface area (Å²) in [6.07, 6.45) is 0.00940. The van der Waals surface area contributed by atoms with Gasteiger partial charge in [0, 0.05) is 12.3 Å². The number of ether oxygens (including phenoxy) is 1. The summed E-state index contributed by atoms with van der Waals surface area (Å²) in [5, 5.41) is 10.8. The Balaban J connectivity index is 2.41. The molecule has 0 amide bonds. The van der Waals surface area contributed by atoms with Gasteiger partial charge in [-0.2, -0.15) is 5.26 Å². The van der Waals surface area contributed by atoms with Crippen molar-refractivity contribution in [3.05, 3.63) is 57.8 Å². The van der Waals surface area contributed by atoms with Crippen molar-refractivity contribution in [3.63, 3.8) is 0 Å². The van der Waals surface area contributed by atoms with E-state index in [1.807, 2.05) is 6.07 Å². The number of benzene rings is 1. The quantitative estimate of drug-likeness (QED) is 0.402. The molecule has 1 aromatic carbocycles. The highest BCUT2D eigenvalue weighted by Crippen LogP contribution is 2.32. The van der Waals surface area contributed by atoms with Gasteiger partial charge in [-0.3, -0.25) is 14.4 Å². The Morgan fingerprint density at radius 2 is 1.88 bits per heavy atom. The molecule has 0 spiro atoms. The van der Waals surface area contributed by atoms with Gasteiger partial charge in [-0.1, -0.05) is 18.2 Å². The van der Waals surface area contributed by atoms with E-state index in [4.69, 9.17) is 10.00 Å². The average molecular weight is 369 g/mol. The third kappa shape index (κ3) is 4.64. The van der Waals surface area contributed by atoms with Crippen LogP contribution in [0.5, 0.6) is 0 Å². The summed E-state index contributed by atoms with van der Waals surface area (Å²) >= 11 is 1.32. The number of Topliss-reactive ketones (excluding diaryl/α,β-unsaturated/α-hetero) is 2. The Labute approximate surface area is 156 Å². The zero-order valence-electron chi connectivity index (χ0n) is 14.6. The minimum atomic E-state index is -1.06. The van der Waals surface area contributed by atoms with Gasteiger partial charge in [0.15, 0.2) is 5.78 Å². The number of nitrogens with zero attached hydrogens (tertiary/aromatic N) is 1. The Kier molecular flexibility index (Phi) is 6.81. The van der Waals surface area contributed by atoms with Crippen molar-refractivity contribution >= 4 is 28.9 Å². The highest BCUT2D eigenvalue weighted by atomic mass is 32.1. The molecule has 0 aliphatic rings. The fourth-order valence-corrected chi connectivity index (χ4v) is 3.49. The highest BCUT2D eigenvalue weighted by Gasteiger charge is 2.36. The minimum Gasteiger partial charge on any atom is -0.465 e. The lowest BCUT2D eigenvalue weighted by Gasteiger charge is -2.23. The Morgan fingerprint density at radius 1 is 1.19 bits per heavy atom. The van der Waals surface area contributed by atoms with Crippen LogP contribution in [0, 0.1) is 17.2 Å². The Bertz CT molecular complexity index is 818. The maximum Gasteiger partial charge on any atom is 0.317 e. The van der Waals surface area contributed by atoms with Crippen molar-refractivity contribution in [2.75, 3.05) is 6.61 Å². The number of hydrogen-bond acceptors (Lipinski definition) is 6. The Morgan fingerprint density at radius 3 is 2.38 bits per heavy atom. The van der Waals surface area contributed by atoms with Crippen molar-refractivity contribution in [3.8, 4) is 6.07 Å². The molecule has 0 saturated carbocycles. The molecule has 1 heterocycles. The van der Waals surface area contributed by atoms with Crippen molar-refractivity contribution in [1.82, 2.24) is 0 Å². The zero-order valence-corrected chi connectivity index (χ0v) is 15.4. The van der Waals surface area contributed by atoms with Crippen LogP contribution in [0.2, 0.25) is 0 Å². The minimum absolute atomic E-state index is 0.00940. The number of hydrogen-bond donors (Lipinski definition) is 0. The summed E-state index contributed by atoms with van der Waals surface area (Å²) in [5.41, 5.74) is 1.12. The first-order chi connectivity index (χ1) is 12.5. The van der Waals surface area contributed by atoms with Gasteiger partial charge in [0.1, 0.15) is 11.7 Å². The van der Waals surface area contributed by atoms with Crippen LogP contribution >= 0.6 is 11.3 Å². The van der Waals surface area contributed by atoms with E-state index in [1.54, 1.807) is 48.7 Å². The highest BCUT2D eigenvalue weighted by molar-refractivity contribution is 7.12. The van der Waals surface area contributed by atoms with E-state index in [1.165, 1.54) is 18.3 Å². The van der Waals surface area contributed by atoms with Gasteiger partial charge in [0.05, 0.1) is 23.1 Å². The van der Waals surface area contributed by atoms with Crippen LogP contribution < -0.4 is 0 Å². The topological polar surface area (TPSA) is 84.2 Å². The van der Waals surface area contributed by atoms with Crippen molar-refractivity contribution in [1.29, 1.82) is 5.26 Å². The molecule has 134 valence electrons. The van der Waals surface area contributed by atoms with Gasteiger partial charge in [0.25, 0.3) is 0 Å². The first kappa shape index (κ1) is 19.5. The van der Waals surface area contributed by atoms with E-state index in [0.29, 0.717) is 16.0 Å². The number of ketones is 2. The molecule has 0 radical (unpaired) electrons. The zero-order chi connectivity index (χ0) is 19.1.